The molecule has 3 unspecified atom stereocenters. The lowest BCUT2D eigenvalue weighted by Gasteiger charge is -2.20. The van der Waals surface area contributed by atoms with Crippen LogP contribution in [0.2, 0.25) is 0 Å². The molecule has 1 saturated carbocycles. The van der Waals surface area contributed by atoms with E-state index in [1.807, 2.05) is 6.92 Å². The Morgan fingerprint density at radius 1 is 1.18 bits per heavy atom. The van der Waals surface area contributed by atoms with Gasteiger partial charge in [0.05, 0.1) is 0 Å². The van der Waals surface area contributed by atoms with E-state index in [9.17, 15) is 4.79 Å². The van der Waals surface area contributed by atoms with E-state index >= 15 is 0 Å². The number of esters is 1. The van der Waals surface area contributed by atoms with Gasteiger partial charge in [-0.05, 0) is 37.7 Å². The summed E-state index contributed by atoms with van der Waals surface area (Å²) in [5, 5.41) is 0. The van der Waals surface area contributed by atoms with Gasteiger partial charge in [0.2, 0.25) is 0 Å². The lowest BCUT2D eigenvalue weighted by molar-refractivity contribution is -0.150. The Hall–Kier alpha value is -0.830. The molecule has 0 bridgehead atoms. The highest BCUT2D eigenvalue weighted by molar-refractivity contribution is 5.69. The molecule has 0 spiro atoms. The number of carbonyl (C=O) groups excluding carboxylic acids is 1. The van der Waals surface area contributed by atoms with Crippen LogP contribution >= 0.6 is 0 Å². The molecular weight excluding hydrogens is 276 g/mol. The van der Waals surface area contributed by atoms with Crippen molar-refractivity contribution in [3.8, 4) is 0 Å². The first kappa shape index (κ1) is 17.5. The SMILES string of the molecule is CCCCCCCCC=C1CCC(OC(=O)CCC)C2OC12. The fraction of sp³-hybridized carbons (Fsp3) is 0.842. The summed E-state index contributed by atoms with van der Waals surface area (Å²) < 4.78 is 11.3. The maximum atomic E-state index is 11.6. The molecule has 0 N–H and O–H groups in total. The standard InChI is InChI=1S/C19H32O3/c1-3-5-6-7-8-9-10-12-15-13-14-16(19-18(15)22-19)21-17(20)11-4-2/h12,16,18-19H,3-11,13-14H2,1-2H3. The molecule has 0 radical (unpaired) electrons. The van der Waals surface area contributed by atoms with Crippen LogP contribution < -0.4 is 0 Å². The van der Waals surface area contributed by atoms with E-state index in [4.69, 9.17) is 9.47 Å². The molecule has 1 aliphatic carbocycles. The molecule has 2 fully saturated rings. The summed E-state index contributed by atoms with van der Waals surface area (Å²) in [5.41, 5.74) is 1.45. The fourth-order valence-corrected chi connectivity index (χ4v) is 3.31. The minimum atomic E-state index is -0.0683. The average Bonchev–Trinajstić information content (AvgIpc) is 3.29. The van der Waals surface area contributed by atoms with Gasteiger partial charge in [-0.25, -0.2) is 0 Å². The predicted octanol–water partition coefficient (Wildman–Crippen LogP) is 4.94. The van der Waals surface area contributed by atoms with Gasteiger partial charge in [0.1, 0.15) is 18.3 Å². The number of rotatable bonds is 10. The molecule has 3 heteroatoms. The summed E-state index contributed by atoms with van der Waals surface area (Å²) in [4.78, 5) is 11.6. The van der Waals surface area contributed by atoms with Gasteiger partial charge in [-0.15, -0.1) is 0 Å². The lowest BCUT2D eigenvalue weighted by Crippen LogP contribution is -2.29. The molecule has 1 heterocycles. The van der Waals surface area contributed by atoms with Crippen LogP contribution in [-0.2, 0) is 14.3 Å². The van der Waals surface area contributed by atoms with E-state index in [1.165, 1.54) is 50.5 Å². The molecule has 2 rings (SSSR count). The summed E-state index contributed by atoms with van der Waals surface area (Å²) in [6.45, 7) is 4.26. The molecule has 3 nitrogen and oxygen atoms in total. The Morgan fingerprint density at radius 2 is 1.95 bits per heavy atom. The second-order valence-electron chi connectivity index (χ2n) is 6.67. The van der Waals surface area contributed by atoms with Crippen LogP contribution in [0.3, 0.4) is 0 Å². The molecule has 0 aromatic heterocycles. The number of fused-ring (bicyclic) bond motifs is 1. The van der Waals surface area contributed by atoms with Gasteiger partial charge in [-0.2, -0.15) is 0 Å². The molecular formula is C19H32O3. The zero-order valence-corrected chi connectivity index (χ0v) is 14.3. The highest BCUT2D eigenvalue weighted by Gasteiger charge is 2.51. The Morgan fingerprint density at radius 3 is 2.73 bits per heavy atom. The van der Waals surface area contributed by atoms with Gasteiger partial charge < -0.3 is 9.47 Å². The Kier molecular flexibility index (Phi) is 7.44. The van der Waals surface area contributed by atoms with Crippen molar-refractivity contribution in [3.63, 3.8) is 0 Å². The summed E-state index contributed by atoms with van der Waals surface area (Å²) in [5.74, 6) is -0.0683. The fourth-order valence-electron chi connectivity index (χ4n) is 3.31. The maximum absolute atomic E-state index is 11.6. The molecule has 2 aliphatic rings. The smallest absolute Gasteiger partial charge is 0.306 e. The van der Waals surface area contributed by atoms with Crippen molar-refractivity contribution in [2.45, 2.75) is 103 Å². The monoisotopic (exact) mass is 308 g/mol. The summed E-state index contributed by atoms with van der Waals surface area (Å²) >= 11 is 0. The second kappa shape index (κ2) is 9.34. The average molecular weight is 308 g/mol. The Balaban J connectivity index is 1.62. The van der Waals surface area contributed by atoms with Crippen LogP contribution in [0.1, 0.15) is 84.5 Å². The van der Waals surface area contributed by atoms with Gasteiger partial charge in [0.15, 0.2) is 0 Å². The van der Waals surface area contributed by atoms with Crippen LogP contribution in [0.5, 0.6) is 0 Å². The van der Waals surface area contributed by atoms with Crippen molar-refractivity contribution in [1.82, 2.24) is 0 Å². The van der Waals surface area contributed by atoms with Crippen LogP contribution in [0, 0.1) is 0 Å². The maximum Gasteiger partial charge on any atom is 0.306 e. The third kappa shape index (κ3) is 5.42. The Bertz CT molecular complexity index is 375. The third-order valence-electron chi connectivity index (χ3n) is 4.68. The summed E-state index contributed by atoms with van der Waals surface area (Å²) in [7, 11) is 0. The van der Waals surface area contributed by atoms with Gasteiger partial charge in [-0.1, -0.05) is 52.0 Å². The zero-order valence-electron chi connectivity index (χ0n) is 14.3. The normalized spacial score (nSPS) is 28.5. The van der Waals surface area contributed by atoms with Crippen LogP contribution in [0.15, 0.2) is 11.6 Å². The number of ether oxygens (including phenoxy) is 2. The first-order valence-electron chi connectivity index (χ1n) is 9.30. The molecule has 1 aliphatic heterocycles. The van der Waals surface area contributed by atoms with Crippen molar-refractivity contribution in [3.05, 3.63) is 11.6 Å². The van der Waals surface area contributed by atoms with E-state index in [0.717, 1.165) is 19.3 Å². The molecule has 0 amide bonds. The van der Waals surface area contributed by atoms with E-state index in [2.05, 4.69) is 13.0 Å². The molecule has 126 valence electrons. The van der Waals surface area contributed by atoms with Crippen LogP contribution in [-0.4, -0.2) is 24.3 Å². The number of carbonyl (C=O) groups is 1. The zero-order chi connectivity index (χ0) is 15.8. The molecule has 22 heavy (non-hydrogen) atoms. The highest BCUT2D eigenvalue weighted by atomic mass is 16.6. The number of unbranched alkanes of at least 4 members (excludes halogenated alkanes) is 6. The topological polar surface area (TPSA) is 38.8 Å². The number of epoxide rings is 1. The molecule has 1 saturated heterocycles. The largest absolute Gasteiger partial charge is 0.459 e. The van der Waals surface area contributed by atoms with Crippen molar-refractivity contribution in [2.24, 2.45) is 0 Å². The van der Waals surface area contributed by atoms with Gasteiger partial charge >= 0.3 is 5.97 Å². The third-order valence-corrected chi connectivity index (χ3v) is 4.68. The summed E-state index contributed by atoms with van der Waals surface area (Å²) in [6.07, 6.45) is 15.3. The minimum absolute atomic E-state index is 0.00440. The van der Waals surface area contributed by atoms with Gasteiger partial charge in [-0.3, -0.25) is 4.79 Å². The number of hydrogen-bond donors (Lipinski definition) is 0. The predicted molar refractivity (Wildman–Crippen MR) is 88.8 cm³/mol. The van der Waals surface area contributed by atoms with Crippen molar-refractivity contribution >= 4 is 5.97 Å². The van der Waals surface area contributed by atoms with E-state index in [0.29, 0.717) is 6.42 Å². The lowest BCUT2D eigenvalue weighted by atomic mass is 9.91. The van der Waals surface area contributed by atoms with Gasteiger partial charge in [0, 0.05) is 6.42 Å². The van der Waals surface area contributed by atoms with Gasteiger partial charge in [0.25, 0.3) is 0 Å². The molecule has 3 atom stereocenters. The van der Waals surface area contributed by atoms with Crippen molar-refractivity contribution in [2.75, 3.05) is 0 Å². The van der Waals surface area contributed by atoms with E-state index < -0.39 is 0 Å². The summed E-state index contributed by atoms with van der Waals surface area (Å²) in [6, 6.07) is 0. The van der Waals surface area contributed by atoms with Crippen LogP contribution in [0.4, 0.5) is 0 Å². The van der Waals surface area contributed by atoms with Crippen LogP contribution in [0.25, 0.3) is 0 Å². The molecule has 0 aromatic rings. The van der Waals surface area contributed by atoms with E-state index in [1.54, 1.807) is 0 Å². The highest BCUT2D eigenvalue weighted by Crippen LogP contribution is 2.42. The second-order valence-corrected chi connectivity index (χ2v) is 6.67. The quantitative estimate of drug-likeness (QED) is 0.248. The first-order valence-corrected chi connectivity index (χ1v) is 9.30. The van der Waals surface area contributed by atoms with Crippen molar-refractivity contribution < 1.29 is 14.3 Å². The first-order chi connectivity index (χ1) is 10.8. The molecule has 0 aromatic carbocycles. The Labute approximate surface area is 135 Å². The minimum Gasteiger partial charge on any atom is -0.459 e. The number of allylic oxidation sites excluding steroid dienone is 1. The van der Waals surface area contributed by atoms with E-state index in [-0.39, 0.29) is 24.3 Å². The van der Waals surface area contributed by atoms with Crippen molar-refractivity contribution in [1.29, 1.82) is 0 Å². The number of hydrogen-bond acceptors (Lipinski definition) is 3.